The van der Waals surface area contributed by atoms with Crippen molar-refractivity contribution >= 4 is 48.0 Å². The third-order valence-electron chi connectivity index (χ3n) is 7.64. The first kappa shape index (κ1) is 44.5. The summed E-state index contributed by atoms with van der Waals surface area (Å²) in [5, 5.41) is 10.5. The quantitative estimate of drug-likeness (QED) is 0.0729. The molecule has 2 rings (SSSR count). The van der Waals surface area contributed by atoms with Gasteiger partial charge in [0, 0.05) is 13.3 Å². The van der Waals surface area contributed by atoms with Crippen molar-refractivity contribution in [3.63, 3.8) is 0 Å². The Morgan fingerprint density at radius 2 is 1.39 bits per heavy atom. The largest absolute Gasteiger partial charge is 0.464 e. The maximum absolute atomic E-state index is 13.5. The van der Waals surface area contributed by atoms with Crippen LogP contribution in [0.25, 0.3) is 0 Å². The Morgan fingerprint density at radius 3 is 2.00 bits per heavy atom. The molecule has 0 aliphatic carbocycles. The van der Waals surface area contributed by atoms with E-state index < -0.39 is 66.3 Å². The van der Waals surface area contributed by atoms with Crippen molar-refractivity contribution < 1.29 is 38.2 Å². The predicted octanol–water partition coefficient (Wildman–Crippen LogP) is 2.91. The Balaban J connectivity index is 0.0000130. The van der Waals surface area contributed by atoms with E-state index in [2.05, 4.69) is 28.2 Å². The van der Waals surface area contributed by atoms with Crippen LogP contribution in [0.3, 0.4) is 0 Å². The van der Waals surface area contributed by atoms with Crippen molar-refractivity contribution in [1.29, 1.82) is 0 Å². The summed E-state index contributed by atoms with van der Waals surface area (Å²) in [5.74, 6) is -2.92. The summed E-state index contributed by atoms with van der Waals surface area (Å²) in [6.07, 6.45) is 4.46. The lowest BCUT2D eigenvalue weighted by molar-refractivity contribution is -0.148. The highest BCUT2D eigenvalue weighted by atomic mass is 35.5. The van der Waals surface area contributed by atoms with Crippen LogP contribution >= 0.6 is 12.4 Å². The van der Waals surface area contributed by atoms with E-state index in [-0.39, 0.29) is 37.8 Å². The highest BCUT2D eigenvalue weighted by Crippen LogP contribution is 2.14. The van der Waals surface area contributed by atoms with E-state index in [1.807, 2.05) is 44.2 Å². The lowest BCUT2D eigenvalue weighted by atomic mass is 10.0. The molecule has 0 aliphatic heterocycles. The van der Waals surface area contributed by atoms with Crippen LogP contribution in [-0.2, 0) is 46.3 Å². The number of unbranched alkanes of at least 4 members (excludes halogenated alkanes) is 3. The number of hydrogen-bond acceptors (Lipinski definition) is 9. The van der Waals surface area contributed by atoms with Crippen LogP contribution in [0.2, 0.25) is 0 Å². The highest BCUT2D eigenvalue weighted by molar-refractivity contribution is 5.94. The molecule has 0 aliphatic rings. The Labute approximate surface area is 307 Å². The molecule has 51 heavy (non-hydrogen) atoms. The minimum Gasteiger partial charge on any atom is -0.464 e. The molecule has 0 fully saturated rings. The maximum atomic E-state index is 13.5. The van der Waals surface area contributed by atoms with E-state index in [1.54, 1.807) is 24.3 Å². The Bertz CT molecular complexity index is 1410. The Kier molecular flexibility index (Phi) is 20.8. The van der Waals surface area contributed by atoms with Gasteiger partial charge in [0.05, 0.1) is 19.2 Å². The van der Waals surface area contributed by atoms with Gasteiger partial charge in [-0.05, 0) is 55.4 Å². The van der Waals surface area contributed by atoms with Crippen LogP contribution in [0.5, 0.6) is 5.75 Å². The summed E-state index contributed by atoms with van der Waals surface area (Å²) < 4.78 is 10.5. The molecule has 0 radical (unpaired) electrons. The molecule has 13 nitrogen and oxygen atoms in total. The third-order valence-corrected chi connectivity index (χ3v) is 7.64. The number of nitrogens with one attached hydrogen (secondary N) is 4. The number of ether oxygens (including phenoxy) is 2. The van der Waals surface area contributed by atoms with E-state index in [9.17, 15) is 28.8 Å². The van der Waals surface area contributed by atoms with Crippen molar-refractivity contribution in [3.05, 3.63) is 65.7 Å². The SMILES string of the molecule is CCCCCCOC(=O)[C@H](CC(C)C)NC(=O)[C@H](Cc1ccccc1)NC(=O)CNC(=O)[C@@H](C)NC(=O)[C@@H](N)Cc1ccc(OC(C)=O)cc1.Cl. The second kappa shape index (κ2) is 23.8. The fraction of sp³-hybridized carbons (Fsp3) is 0.514. The number of esters is 2. The van der Waals surface area contributed by atoms with E-state index in [4.69, 9.17) is 15.2 Å². The van der Waals surface area contributed by atoms with E-state index in [1.165, 1.54) is 13.8 Å². The molecule has 4 atom stereocenters. The van der Waals surface area contributed by atoms with Crippen molar-refractivity contribution in [2.45, 2.75) is 104 Å². The first-order chi connectivity index (χ1) is 23.8. The summed E-state index contributed by atoms with van der Waals surface area (Å²) in [7, 11) is 0. The standard InChI is InChI=1S/C37H53N5O8.ClH/c1-6-7-8-12-19-49-37(48)32(20-24(2)3)42-36(47)31(22-27-13-10-9-11-14-27)41-33(44)23-39-34(45)25(4)40-35(46)30(38)21-28-15-17-29(18-16-28)50-26(5)43;/h9-11,13-18,24-25,30-32H,6-8,12,19-23,38H2,1-5H3,(H,39,45)(H,40,46)(H,41,44)(H,42,47);1H/t25-,30+,31+,32+;/m1./s1. The Hall–Kier alpha value is -4.49. The van der Waals surface area contributed by atoms with E-state index >= 15 is 0 Å². The number of halogens is 1. The molecule has 0 heterocycles. The summed E-state index contributed by atoms with van der Waals surface area (Å²) in [5.41, 5.74) is 7.55. The third kappa shape index (κ3) is 17.8. The predicted molar refractivity (Wildman–Crippen MR) is 196 cm³/mol. The second-order valence-electron chi connectivity index (χ2n) is 12.7. The molecular weight excluding hydrogens is 678 g/mol. The number of carbonyl (C=O) groups is 6. The average Bonchev–Trinajstić information content (AvgIpc) is 3.07. The van der Waals surface area contributed by atoms with Gasteiger partial charge in [-0.2, -0.15) is 0 Å². The molecule has 282 valence electrons. The van der Waals surface area contributed by atoms with Gasteiger partial charge < -0.3 is 36.5 Å². The number of nitrogens with two attached hydrogens (primary N) is 1. The highest BCUT2D eigenvalue weighted by Gasteiger charge is 2.29. The van der Waals surface area contributed by atoms with Crippen LogP contribution in [0.1, 0.15) is 77.8 Å². The fourth-order valence-corrected chi connectivity index (χ4v) is 4.98. The monoisotopic (exact) mass is 731 g/mol. The molecule has 0 unspecified atom stereocenters. The molecular formula is C37H54ClN5O8. The lowest BCUT2D eigenvalue weighted by Gasteiger charge is -2.24. The first-order valence-corrected chi connectivity index (χ1v) is 17.2. The Morgan fingerprint density at radius 1 is 0.745 bits per heavy atom. The average molecular weight is 732 g/mol. The molecule has 4 amide bonds. The zero-order valence-corrected chi connectivity index (χ0v) is 31.0. The minimum atomic E-state index is -1.05. The minimum absolute atomic E-state index is 0. The van der Waals surface area contributed by atoms with Crippen LogP contribution in [0.15, 0.2) is 54.6 Å². The first-order valence-electron chi connectivity index (χ1n) is 17.2. The van der Waals surface area contributed by atoms with Crippen molar-refractivity contribution in [2.24, 2.45) is 11.7 Å². The van der Waals surface area contributed by atoms with Gasteiger partial charge in [0.15, 0.2) is 0 Å². The molecule has 0 spiro atoms. The van der Waals surface area contributed by atoms with Crippen LogP contribution in [0.4, 0.5) is 0 Å². The van der Waals surface area contributed by atoms with Gasteiger partial charge >= 0.3 is 11.9 Å². The zero-order chi connectivity index (χ0) is 37.1. The zero-order valence-electron chi connectivity index (χ0n) is 30.2. The van der Waals surface area contributed by atoms with Gasteiger partial charge in [-0.3, -0.25) is 24.0 Å². The van der Waals surface area contributed by atoms with Crippen molar-refractivity contribution in [1.82, 2.24) is 21.3 Å². The van der Waals surface area contributed by atoms with Gasteiger partial charge in [0.25, 0.3) is 0 Å². The molecule has 0 aromatic heterocycles. The van der Waals surface area contributed by atoms with Gasteiger partial charge in [0.2, 0.25) is 23.6 Å². The van der Waals surface area contributed by atoms with E-state index in [0.29, 0.717) is 12.2 Å². The molecule has 2 aromatic carbocycles. The van der Waals surface area contributed by atoms with Gasteiger partial charge in [-0.15, -0.1) is 12.4 Å². The van der Waals surface area contributed by atoms with Gasteiger partial charge in [0.1, 0.15) is 23.9 Å². The van der Waals surface area contributed by atoms with Crippen LogP contribution in [-0.4, -0.2) is 72.9 Å². The van der Waals surface area contributed by atoms with Crippen LogP contribution in [0, 0.1) is 5.92 Å². The summed E-state index contributed by atoms with van der Waals surface area (Å²) >= 11 is 0. The van der Waals surface area contributed by atoms with Crippen molar-refractivity contribution in [2.75, 3.05) is 13.2 Å². The van der Waals surface area contributed by atoms with Gasteiger partial charge in [-0.25, -0.2) is 4.79 Å². The maximum Gasteiger partial charge on any atom is 0.328 e. The normalized spacial score (nSPS) is 13.0. The topological polar surface area (TPSA) is 195 Å². The number of carbonyl (C=O) groups excluding carboxylic acids is 6. The summed E-state index contributed by atoms with van der Waals surface area (Å²) in [4.78, 5) is 75.9. The number of hydrogen-bond donors (Lipinski definition) is 5. The molecule has 0 bridgehead atoms. The molecule has 0 saturated carbocycles. The molecule has 2 aromatic rings. The molecule has 14 heteroatoms. The molecule has 6 N–H and O–H groups in total. The number of amides is 4. The summed E-state index contributed by atoms with van der Waals surface area (Å²) in [6.45, 7) is 8.51. The number of benzene rings is 2. The second-order valence-corrected chi connectivity index (χ2v) is 12.7. The summed E-state index contributed by atoms with van der Waals surface area (Å²) in [6, 6.07) is 11.7. The van der Waals surface area contributed by atoms with Gasteiger partial charge in [-0.1, -0.05) is 82.5 Å². The fourth-order valence-electron chi connectivity index (χ4n) is 4.98. The van der Waals surface area contributed by atoms with Crippen molar-refractivity contribution in [3.8, 4) is 5.75 Å². The molecule has 0 saturated heterocycles. The van der Waals surface area contributed by atoms with E-state index in [0.717, 1.165) is 36.8 Å². The number of rotatable bonds is 21. The van der Waals surface area contributed by atoms with Crippen LogP contribution < -0.4 is 31.7 Å². The lowest BCUT2D eigenvalue weighted by Crippen LogP contribution is -2.55. The smallest absolute Gasteiger partial charge is 0.328 e.